The lowest BCUT2D eigenvalue weighted by molar-refractivity contribution is 0.0903. The molecule has 1 amide bonds. The minimum absolute atomic E-state index is 0.181. The molecule has 76 valence electrons. The molecular formula is C9H13N3O2. The third-order valence-electron chi connectivity index (χ3n) is 2.25. The first-order chi connectivity index (χ1) is 6.75. The van der Waals surface area contributed by atoms with Gasteiger partial charge < -0.3 is 15.2 Å². The van der Waals surface area contributed by atoms with Gasteiger partial charge in [-0.1, -0.05) is 5.16 Å². The first kappa shape index (κ1) is 9.21. The van der Waals surface area contributed by atoms with Gasteiger partial charge in [0.05, 0.1) is 5.69 Å². The Morgan fingerprint density at radius 1 is 1.79 bits per heavy atom. The van der Waals surface area contributed by atoms with Gasteiger partial charge in [0, 0.05) is 18.7 Å². The summed E-state index contributed by atoms with van der Waals surface area (Å²) in [6, 6.07) is 1.85. The van der Waals surface area contributed by atoms with Crippen LogP contribution in [0.5, 0.6) is 0 Å². The van der Waals surface area contributed by atoms with Gasteiger partial charge in [0.2, 0.25) is 5.76 Å². The Labute approximate surface area is 81.8 Å². The largest absolute Gasteiger partial charge is 0.351 e. The number of aryl methyl sites for hydroxylation is 1. The fourth-order valence-electron chi connectivity index (χ4n) is 1.50. The highest BCUT2D eigenvalue weighted by atomic mass is 16.5. The molecule has 1 aromatic heterocycles. The summed E-state index contributed by atoms with van der Waals surface area (Å²) in [4.78, 5) is 11.5. The lowest BCUT2D eigenvalue weighted by Gasteiger charge is -2.08. The van der Waals surface area contributed by atoms with E-state index >= 15 is 0 Å². The molecule has 0 bridgehead atoms. The molecule has 0 aliphatic carbocycles. The molecule has 1 saturated heterocycles. The van der Waals surface area contributed by atoms with E-state index in [1.54, 1.807) is 13.0 Å². The molecule has 2 rings (SSSR count). The quantitative estimate of drug-likeness (QED) is 0.701. The van der Waals surface area contributed by atoms with Gasteiger partial charge >= 0.3 is 0 Å². The smallest absolute Gasteiger partial charge is 0.290 e. The molecule has 14 heavy (non-hydrogen) atoms. The monoisotopic (exact) mass is 195 g/mol. The average molecular weight is 195 g/mol. The van der Waals surface area contributed by atoms with Crippen molar-refractivity contribution in [1.29, 1.82) is 0 Å². The van der Waals surface area contributed by atoms with Gasteiger partial charge in [-0.05, 0) is 19.9 Å². The average Bonchev–Trinajstić information content (AvgIpc) is 2.75. The normalized spacial score (nSPS) is 21.1. The number of carbonyl (C=O) groups excluding carboxylic acids is 1. The molecule has 1 aliphatic rings. The Bertz CT molecular complexity index is 329. The van der Waals surface area contributed by atoms with E-state index in [0.29, 0.717) is 0 Å². The summed E-state index contributed by atoms with van der Waals surface area (Å²) in [5.74, 6) is 0.105. The topological polar surface area (TPSA) is 67.2 Å². The van der Waals surface area contributed by atoms with Crippen LogP contribution in [-0.4, -0.2) is 30.2 Å². The fourth-order valence-corrected chi connectivity index (χ4v) is 1.50. The molecule has 1 aromatic rings. The molecule has 5 heteroatoms. The van der Waals surface area contributed by atoms with Crippen molar-refractivity contribution >= 4 is 5.91 Å². The van der Waals surface area contributed by atoms with Gasteiger partial charge in [-0.25, -0.2) is 0 Å². The van der Waals surface area contributed by atoms with Gasteiger partial charge in [0.25, 0.3) is 5.91 Å². The van der Waals surface area contributed by atoms with Gasteiger partial charge in [-0.2, -0.15) is 0 Å². The minimum Gasteiger partial charge on any atom is -0.351 e. The molecule has 0 spiro atoms. The highest BCUT2D eigenvalue weighted by Gasteiger charge is 2.19. The molecular weight excluding hydrogens is 182 g/mol. The van der Waals surface area contributed by atoms with Crippen LogP contribution in [-0.2, 0) is 0 Å². The van der Waals surface area contributed by atoms with E-state index in [9.17, 15) is 4.79 Å². The number of nitrogens with one attached hydrogen (secondary N) is 2. The lowest BCUT2D eigenvalue weighted by Crippen LogP contribution is -2.35. The van der Waals surface area contributed by atoms with Crippen LogP contribution in [0.15, 0.2) is 10.6 Å². The number of nitrogens with zero attached hydrogens (tertiary/aromatic N) is 1. The van der Waals surface area contributed by atoms with Crippen LogP contribution >= 0.6 is 0 Å². The highest BCUT2D eigenvalue weighted by molar-refractivity contribution is 5.91. The van der Waals surface area contributed by atoms with Gasteiger partial charge in [0.15, 0.2) is 0 Å². The van der Waals surface area contributed by atoms with Crippen LogP contribution in [0.3, 0.4) is 0 Å². The maximum atomic E-state index is 11.5. The van der Waals surface area contributed by atoms with E-state index < -0.39 is 0 Å². The van der Waals surface area contributed by atoms with Gasteiger partial charge in [-0.15, -0.1) is 0 Å². The zero-order chi connectivity index (χ0) is 9.97. The molecule has 0 aromatic carbocycles. The molecule has 1 fully saturated rings. The van der Waals surface area contributed by atoms with E-state index in [2.05, 4.69) is 15.8 Å². The van der Waals surface area contributed by atoms with E-state index in [1.165, 1.54) is 0 Å². The predicted octanol–water partition coefficient (Wildman–Crippen LogP) is 0.0747. The molecule has 5 nitrogen and oxygen atoms in total. The first-order valence-electron chi connectivity index (χ1n) is 4.70. The minimum atomic E-state index is -0.181. The van der Waals surface area contributed by atoms with E-state index in [-0.39, 0.29) is 17.7 Å². The Kier molecular flexibility index (Phi) is 2.49. The van der Waals surface area contributed by atoms with Crippen molar-refractivity contribution in [3.63, 3.8) is 0 Å². The van der Waals surface area contributed by atoms with Crippen molar-refractivity contribution in [3.05, 3.63) is 17.5 Å². The summed E-state index contributed by atoms with van der Waals surface area (Å²) in [5.41, 5.74) is 0.722. The van der Waals surface area contributed by atoms with Gasteiger partial charge in [-0.3, -0.25) is 4.79 Å². The fraction of sp³-hybridized carbons (Fsp3) is 0.556. The van der Waals surface area contributed by atoms with Crippen LogP contribution in [0.1, 0.15) is 22.7 Å². The Morgan fingerprint density at radius 3 is 3.21 bits per heavy atom. The maximum absolute atomic E-state index is 11.5. The first-order valence-corrected chi connectivity index (χ1v) is 4.70. The van der Waals surface area contributed by atoms with Crippen molar-refractivity contribution in [3.8, 4) is 0 Å². The van der Waals surface area contributed by atoms with Crippen molar-refractivity contribution in [2.75, 3.05) is 13.1 Å². The van der Waals surface area contributed by atoms with Crippen molar-refractivity contribution in [1.82, 2.24) is 15.8 Å². The SMILES string of the molecule is Cc1cc(C(=O)N[C@@H]2CCNC2)on1. The number of hydrogen-bond acceptors (Lipinski definition) is 4. The second-order valence-electron chi connectivity index (χ2n) is 3.50. The number of carbonyl (C=O) groups is 1. The Balaban J connectivity index is 1.95. The zero-order valence-corrected chi connectivity index (χ0v) is 8.04. The van der Waals surface area contributed by atoms with Crippen LogP contribution in [0.25, 0.3) is 0 Å². The van der Waals surface area contributed by atoms with E-state index in [0.717, 1.165) is 25.2 Å². The third kappa shape index (κ3) is 1.93. The van der Waals surface area contributed by atoms with Crippen LogP contribution in [0.2, 0.25) is 0 Å². The maximum Gasteiger partial charge on any atom is 0.290 e. The van der Waals surface area contributed by atoms with Crippen LogP contribution < -0.4 is 10.6 Å². The van der Waals surface area contributed by atoms with Crippen molar-refractivity contribution in [2.24, 2.45) is 0 Å². The summed E-state index contributed by atoms with van der Waals surface area (Å²) < 4.78 is 4.85. The molecule has 2 N–H and O–H groups in total. The molecule has 0 radical (unpaired) electrons. The van der Waals surface area contributed by atoms with Crippen LogP contribution in [0.4, 0.5) is 0 Å². The second kappa shape index (κ2) is 3.79. The molecule has 0 saturated carbocycles. The molecule has 2 heterocycles. The summed E-state index contributed by atoms with van der Waals surface area (Å²) >= 11 is 0. The predicted molar refractivity (Wildman–Crippen MR) is 50.0 cm³/mol. The highest BCUT2D eigenvalue weighted by Crippen LogP contribution is 2.04. The number of aromatic nitrogens is 1. The summed E-state index contributed by atoms with van der Waals surface area (Å²) in [6.45, 7) is 3.58. The summed E-state index contributed by atoms with van der Waals surface area (Å²) in [5, 5.41) is 9.71. The second-order valence-corrected chi connectivity index (χ2v) is 3.50. The molecule has 1 aliphatic heterocycles. The Morgan fingerprint density at radius 2 is 2.64 bits per heavy atom. The summed E-state index contributed by atoms with van der Waals surface area (Å²) in [7, 11) is 0. The van der Waals surface area contributed by atoms with Gasteiger partial charge in [0.1, 0.15) is 0 Å². The van der Waals surface area contributed by atoms with E-state index in [1.807, 2.05) is 0 Å². The Hall–Kier alpha value is -1.36. The zero-order valence-electron chi connectivity index (χ0n) is 8.04. The van der Waals surface area contributed by atoms with E-state index in [4.69, 9.17) is 4.52 Å². The third-order valence-corrected chi connectivity index (χ3v) is 2.25. The standard InChI is InChI=1S/C9H13N3O2/c1-6-4-8(14-12-6)9(13)11-7-2-3-10-5-7/h4,7,10H,2-3,5H2,1H3,(H,11,13)/t7-/m1/s1. The molecule has 1 atom stereocenters. The molecule has 0 unspecified atom stereocenters. The van der Waals surface area contributed by atoms with Crippen molar-refractivity contribution < 1.29 is 9.32 Å². The summed E-state index contributed by atoms with van der Waals surface area (Å²) in [6.07, 6.45) is 0.971. The number of hydrogen-bond donors (Lipinski definition) is 2. The number of rotatable bonds is 2. The van der Waals surface area contributed by atoms with Crippen LogP contribution in [0, 0.1) is 6.92 Å². The lowest BCUT2D eigenvalue weighted by atomic mass is 10.2. The number of amides is 1. The van der Waals surface area contributed by atoms with Crippen molar-refractivity contribution in [2.45, 2.75) is 19.4 Å².